The van der Waals surface area contributed by atoms with Crippen LogP contribution >= 0.6 is 27.7 Å². The number of rotatable bonds is 4. The van der Waals surface area contributed by atoms with Crippen molar-refractivity contribution in [1.82, 2.24) is 9.88 Å². The Morgan fingerprint density at radius 3 is 2.75 bits per heavy atom. The molecule has 1 aliphatic rings. The van der Waals surface area contributed by atoms with Crippen LogP contribution in [0.15, 0.2) is 75.8 Å². The number of hydrogen-bond acceptors (Lipinski definition) is 4. The van der Waals surface area contributed by atoms with E-state index in [2.05, 4.69) is 32.5 Å². The fraction of sp³-hybridized carbons (Fsp3) is 0.0556. The van der Waals surface area contributed by atoms with Crippen LogP contribution in [0, 0.1) is 0 Å². The van der Waals surface area contributed by atoms with Crippen LogP contribution in [0.3, 0.4) is 0 Å². The van der Waals surface area contributed by atoms with Crippen molar-refractivity contribution >= 4 is 50.5 Å². The number of carbonyl (C=O) groups is 1. The number of carbonyl (C=O) groups excluding carboxylic acids is 1. The molecule has 0 bridgehead atoms. The van der Waals surface area contributed by atoms with Crippen molar-refractivity contribution in [2.24, 2.45) is 4.99 Å². The summed E-state index contributed by atoms with van der Waals surface area (Å²) in [7, 11) is 0. The van der Waals surface area contributed by atoms with Gasteiger partial charge in [-0.15, -0.1) is 6.58 Å². The highest BCUT2D eigenvalue weighted by Crippen LogP contribution is 2.34. The first-order chi connectivity index (χ1) is 11.7. The number of amides is 1. The number of aliphatic imine (C=N–C) groups is 1. The van der Waals surface area contributed by atoms with Crippen molar-refractivity contribution in [3.8, 4) is 0 Å². The molecule has 1 aliphatic heterocycles. The van der Waals surface area contributed by atoms with E-state index in [0.717, 1.165) is 10.0 Å². The molecular weight excluding hydrogens is 386 g/mol. The maximum absolute atomic E-state index is 12.7. The van der Waals surface area contributed by atoms with Crippen molar-refractivity contribution in [3.05, 3.63) is 76.4 Å². The molecule has 2 aromatic rings. The zero-order valence-corrected chi connectivity index (χ0v) is 15.1. The first-order valence-corrected chi connectivity index (χ1v) is 8.85. The lowest BCUT2D eigenvalue weighted by atomic mass is 10.2. The third kappa shape index (κ3) is 3.83. The standard InChI is InChI=1S/C18H14BrN3OS/c1-2-10-22-17(23)16(11-13-5-7-14(19)8-6-13)24-18(22)21-15-4-3-9-20-12-15/h2-9,11-12H,1,10H2/b16-11-,21-18?. The number of hydrogen-bond donors (Lipinski definition) is 0. The van der Waals surface area contributed by atoms with Crippen molar-refractivity contribution < 1.29 is 4.79 Å². The van der Waals surface area contributed by atoms with Crippen LogP contribution in [0.25, 0.3) is 6.08 Å². The van der Waals surface area contributed by atoms with Gasteiger partial charge in [-0.2, -0.15) is 0 Å². The lowest BCUT2D eigenvalue weighted by Crippen LogP contribution is -2.29. The molecule has 1 saturated heterocycles. The average molecular weight is 400 g/mol. The molecule has 0 radical (unpaired) electrons. The second-order valence-electron chi connectivity index (χ2n) is 4.97. The first-order valence-electron chi connectivity index (χ1n) is 7.24. The van der Waals surface area contributed by atoms with Crippen LogP contribution in [0.2, 0.25) is 0 Å². The van der Waals surface area contributed by atoms with Crippen molar-refractivity contribution in [2.45, 2.75) is 0 Å². The lowest BCUT2D eigenvalue weighted by molar-refractivity contribution is -0.121. The molecule has 0 unspecified atom stereocenters. The number of thioether (sulfide) groups is 1. The Morgan fingerprint density at radius 1 is 1.29 bits per heavy atom. The van der Waals surface area contributed by atoms with E-state index in [1.54, 1.807) is 23.4 Å². The zero-order valence-electron chi connectivity index (χ0n) is 12.7. The lowest BCUT2D eigenvalue weighted by Gasteiger charge is -2.12. The quantitative estimate of drug-likeness (QED) is 0.555. The molecule has 3 rings (SSSR count). The molecule has 0 spiro atoms. The number of nitrogens with zero attached hydrogens (tertiary/aromatic N) is 3. The Balaban J connectivity index is 1.93. The van der Waals surface area contributed by atoms with E-state index in [1.165, 1.54) is 11.8 Å². The molecule has 0 N–H and O–H groups in total. The summed E-state index contributed by atoms with van der Waals surface area (Å²) in [6.07, 6.45) is 6.93. The van der Waals surface area contributed by atoms with Crippen molar-refractivity contribution in [3.63, 3.8) is 0 Å². The van der Waals surface area contributed by atoms with Crippen molar-refractivity contribution in [2.75, 3.05) is 6.54 Å². The van der Waals surface area contributed by atoms with Gasteiger partial charge in [-0.25, -0.2) is 4.99 Å². The number of amidine groups is 1. The highest BCUT2D eigenvalue weighted by molar-refractivity contribution is 9.10. The second kappa shape index (κ2) is 7.59. The fourth-order valence-corrected chi connectivity index (χ4v) is 3.39. The summed E-state index contributed by atoms with van der Waals surface area (Å²) in [5.74, 6) is -0.0644. The summed E-state index contributed by atoms with van der Waals surface area (Å²) < 4.78 is 1.00. The molecule has 1 fully saturated rings. The van der Waals surface area contributed by atoms with Gasteiger partial charge in [-0.3, -0.25) is 14.7 Å². The Morgan fingerprint density at radius 2 is 2.08 bits per heavy atom. The van der Waals surface area contributed by atoms with Crippen LogP contribution < -0.4 is 0 Å². The second-order valence-corrected chi connectivity index (χ2v) is 6.90. The molecule has 24 heavy (non-hydrogen) atoms. The Bertz CT molecular complexity index is 816. The van der Waals surface area contributed by atoms with Gasteiger partial charge < -0.3 is 0 Å². The molecule has 0 aliphatic carbocycles. The van der Waals surface area contributed by atoms with E-state index in [9.17, 15) is 4.79 Å². The van der Waals surface area contributed by atoms with Crippen molar-refractivity contribution in [1.29, 1.82) is 0 Å². The Hall–Kier alpha value is -2.18. The van der Waals surface area contributed by atoms with Crippen LogP contribution in [-0.2, 0) is 4.79 Å². The average Bonchev–Trinajstić information content (AvgIpc) is 2.87. The Labute approximate surface area is 153 Å². The van der Waals surface area contributed by atoms with Crippen LogP contribution in [0.4, 0.5) is 5.69 Å². The Kier molecular flexibility index (Phi) is 5.27. The van der Waals surface area contributed by atoms with E-state index < -0.39 is 0 Å². The molecule has 6 heteroatoms. The maximum atomic E-state index is 12.7. The van der Waals surface area contributed by atoms with Crippen LogP contribution in [-0.4, -0.2) is 27.5 Å². The van der Waals surface area contributed by atoms with Gasteiger partial charge in [0.2, 0.25) is 0 Å². The van der Waals surface area contributed by atoms with Gasteiger partial charge >= 0.3 is 0 Å². The highest BCUT2D eigenvalue weighted by Gasteiger charge is 2.32. The molecule has 4 nitrogen and oxygen atoms in total. The molecule has 0 saturated carbocycles. The molecule has 120 valence electrons. The van der Waals surface area contributed by atoms with E-state index in [0.29, 0.717) is 22.3 Å². The zero-order chi connectivity index (χ0) is 16.9. The predicted molar refractivity (Wildman–Crippen MR) is 103 cm³/mol. The SMILES string of the molecule is C=CCN1C(=O)/C(=C/c2ccc(Br)cc2)SC1=Nc1cccnc1. The fourth-order valence-electron chi connectivity index (χ4n) is 2.12. The van der Waals surface area contributed by atoms with Gasteiger partial charge in [0, 0.05) is 17.2 Å². The van der Waals surface area contributed by atoms with Gasteiger partial charge in [-0.05, 0) is 47.7 Å². The number of pyridine rings is 1. The van der Waals surface area contributed by atoms with Gasteiger partial charge in [-0.1, -0.05) is 34.1 Å². The maximum Gasteiger partial charge on any atom is 0.267 e. The summed E-state index contributed by atoms with van der Waals surface area (Å²) in [6.45, 7) is 4.14. The number of halogens is 1. The molecular formula is C18H14BrN3OS. The molecule has 1 aromatic carbocycles. The number of benzene rings is 1. The third-order valence-corrected chi connectivity index (χ3v) is 4.77. The van der Waals surface area contributed by atoms with E-state index in [4.69, 9.17) is 0 Å². The molecule has 0 atom stereocenters. The smallest absolute Gasteiger partial charge is 0.267 e. The monoisotopic (exact) mass is 399 g/mol. The van der Waals surface area contributed by atoms with Gasteiger partial charge in [0.1, 0.15) is 0 Å². The molecule has 2 heterocycles. The minimum absolute atomic E-state index is 0.0644. The van der Waals surface area contributed by atoms with Gasteiger partial charge in [0.25, 0.3) is 5.91 Å². The normalized spacial score (nSPS) is 17.7. The number of aromatic nitrogens is 1. The van der Waals surface area contributed by atoms with E-state index in [-0.39, 0.29) is 5.91 Å². The minimum Gasteiger partial charge on any atom is -0.283 e. The van der Waals surface area contributed by atoms with Gasteiger partial charge in [0.05, 0.1) is 16.8 Å². The highest BCUT2D eigenvalue weighted by atomic mass is 79.9. The van der Waals surface area contributed by atoms with E-state index >= 15 is 0 Å². The first kappa shape index (κ1) is 16.7. The molecule has 1 aromatic heterocycles. The summed E-state index contributed by atoms with van der Waals surface area (Å²) in [5.41, 5.74) is 1.68. The third-order valence-electron chi connectivity index (χ3n) is 3.24. The van der Waals surface area contributed by atoms with E-state index in [1.807, 2.05) is 42.5 Å². The minimum atomic E-state index is -0.0644. The summed E-state index contributed by atoms with van der Waals surface area (Å²) in [6, 6.07) is 11.5. The molecule has 1 amide bonds. The topological polar surface area (TPSA) is 45.6 Å². The summed E-state index contributed by atoms with van der Waals surface area (Å²) in [4.78, 5) is 23.5. The largest absolute Gasteiger partial charge is 0.283 e. The van der Waals surface area contributed by atoms with Gasteiger partial charge in [0.15, 0.2) is 5.17 Å². The summed E-state index contributed by atoms with van der Waals surface area (Å²) >= 11 is 4.77. The predicted octanol–water partition coefficient (Wildman–Crippen LogP) is 4.63. The van der Waals surface area contributed by atoms with Crippen LogP contribution in [0.1, 0.15) is 5.56 Å². The van der Waals surface area contributed by atoms with Crippen LogP contribution in [0.5, 0.6) is 0 Å². The summed E-state index contributed by atoms with van der Waals surface area (Å²) in [5, 5.41) is 0.635.